The van der Waals surface area contributed by atoms with Crippen molar-refractivity contribution >= 4 is 46.7 Å². The summed E-state index contributed by atoms with van der Waals surface area (Å²) < 4.78 is 40.3. The van der Waals surface area contributed by atoms with E-state index in [1.54, 1.807) is 28.3 Å². The number of ether oxygens (including phenoxy) is 7. The maximum absolute atomic E-state index is 14.4. The zero-order valence-corrected chi connectivity index (χ0v) is 31.5. The summed E-state index contributed by atoms with van der Waals surface area (Å²) in [4.78, 5) is 53.9. The number of rotatable bonds is 7. The first-order valence-electron chi connectivity index (χ1n) is 18.2. The third-order valence-electron chi connectivity index (χ3n) is 12.7. The minimum Gasteiger partial charge on any atom is -0.462 e. The van der Waals surface area contributed by atoms with Gasteiger partial charge in [0.15, 0.2) is 22.2 Å². The highest BCUT2D eigenvalue weighted by atomic mass is 35.5. The number of halogens is 2. The lowest BCUT2D eigenvalue weighted by molar-refractivity contribution is -0.314. The second-order valence-corrected chi connectivity index (χ2v) is 16.6. The summed E-state index contributed by atoms with van der Waals surface area (Å²) >= 11 is 13.7. The Kier molecular flexibility index (Phi) is 11.5. The van der Waals surface area contributed by atoms with Crippen molar-refractivity contribution in [3.63, 3.8) is 0 Å². The maximum atomic E-state index is 14.4. The van der Waals surface area contributed by atoms with Crippen LogP contribution in [-0.2, 0) is 52.3 Å². The summed E-state index contributed by atoms with van der Waals surface area (Å²) in [5.41, 5.74) is 0.505. The van der Waals surface area contributed by atoms with Crippen LogP contribution in [0.5, 0.6) is 0 Å². The number of methoxy groups -OCH3 is 3. The fourth-order valence-corrected chi connectivity index (χ4v) is 11.3. The van der Waals surface area contributed by atoms with Gasteiger partial charge >= 0.3 is 11.9 Å². The average molecular weight is 744 g/mol. The number of alkyl halides is 2. The van der Waals surface area contributed by atoms with Gasteiger partial charge in [-0.15, -0.1) is 0 Å². The lowest BCUT2D eigenvalue weighted by atomic mass is 9.48. The summed E-state index contributed by atoms with van der Waals surface area (Å²) in [5.74, 6) is -4.00. The monoisotopic (exact) mass is 742 g/mol. The van der Waals surface area contributed by atoms with E-state index in [-0.39, 0.29) is 78.0 Å². The van der Waals surface area contributed by atoms with E-state index in [1.165, 1.54) is 6.92 Å². The fraction of sp³-hybridized carbons (Fsp3) is 0.838. The number of carbonyl (C=O) groups excluding carboxylic acids is 4. The molecule has 0 aromatic carbocycles. The van der Waals surface area contributed by atoms with Crippen LogP contribution in [0.15, 0.2) is 11.6 Å². The fourth-order valence-electron chi connectivity index (χ4n) is 10.5. The van der Waals surface area contributed by atoms with Gasteiger partial charge in [-0.1, -0.05) is 43.1 Å². The Morgan fingerprint density at radius 2 is 1.66 bits per heavy atom. The molecule has 6 rings (SSSR count). The van der Waals surface area contributed by atoms with E-state index >= 15 is 0 Å². The molecule has 50 heavy (non-hydrogen) atoms. The molecule has 0 radical (unpaired) electrons. The van der Waals surface area contributed by atoms with E-state index in [2.05, 4.69) is 0 Å². The minimum absolute atomic E-state index is 0.0225. The first-order chi connectivity index (χ1) is 23.8. The molecule has 0 N–H and O–H groups in total. The molecule has 4 aliphatic carbocycles. The number of esters is 2. The topological polar surface area (TPSA) is 133 Å². The molecule has 2 saturated heterocycles. The smallest absolute Gasteiger partial charge is 0.306 e. The maximum Gasteiger partial charge on any atom is 0.306 e. The Morgan fingerprint density at radius 1 is 0.980 bits per heavy atom. The van der Waals surface area contributed by atoms with Gasteiger partial charge in [0.2, 0.25) is 0 Å². The second-order valence-electron chi connectivity index (χ2n) is 15.2. The Morgan fingerprint density at radius 3 is 2.30 bits per heavy atom. The highest BCUT2D eigenvalue weighted by Gasteiger charge is 2.73. The van der Waals surface area contributed by atoms with Crippen LogP contribution >= 0.6 is 23.2 Å². The summed E-state index contributed by atoms with van der Waals surface area (Å²) in [7, 11) is 4.80. The van der Waals surface area contributed by atoms with E-state index in [0.717, 1.165) is 0 Å². The van der Waals surface area contributed by atoms with Crippen molar-refractivity contribution in [2.75, 3.05) is 21.3 Å². The zero-order chi connectivity index (χ0) is 36.2. The van der Waals surface area contributed by atoms with Crippen molar-refractivity contribution in [3.05, 3.63) is 11.6 Å². The molecule has 6 aliphatic rings. The van der Waals surface area contributed by atoms with Gasteiger partial charge in [-0.25, -0.2) is 0 Å². The van der Waals surface area contributed by atoms with Crippen molar-refractivity contribution in [2.24, 2.45) is 47.3 Å². The number of cyclic esters (lactones) is 1. The molecule has 280 valence electrons. The predicted octanol–water partition coefficient (Wildman–Crippen LogP) is 5.01. The molecule has 11 nitrogen and oxygen atoms in total. The molecule has 0 spiro atoms. The van der Waals surface area contributed by atoms with Crippen LogP contribution in [0.1, 0.15) is 72.6 Å². The van der Waals surface area contributed by atoms with E-state index in [1.807, 2.05) is 19.9 Å². The molecule has 13 heteroatoms. The van der Waals surface area contributed by atoms with Gasteiger partial charge in [0.25, 0.3) is 0 Å². The van der Waals surface area contributed by atoms with Crippen molar-refractivity contribution in [1.82, 2.24) is 0 Å². The van der Waals surface area contributed by atoms with Crippen LogP contribution < -0.4 is 0 Å². The molecule has 0 aromatic heterocycles. The van der Waals surface area contributed by atoms with Gasteiger partial charge in [0.1, 0.15) is 30.5 Å². The highest BCUT2D eigenvalue weighted by molar-refractivity contribution is 6.60. The molecule has 0 bridgehead atoms. The second kappa shape index (κ2) is 15.0. The van der Waals surface area contributed by atoms with Gasteiger partial charge in [-0.05, 0) is 74.7 Å². The van der Waals surface area contributed by atoms with Gasteiger partial charge in [0.05, 0.1) is 24.5 Å². The molecule has 3 unspecified atom stereocenters. The van der Waals surface area contributed by atoms with E-state index in [4.69, 9.17) is 56.4 Å². The molecular formula is C37H52Cl2O11. The largest absolute Gasteiger partial charge is 0.462 e. The first-order valence-corrected chi connectivity index (χ1v) is 19.0. The molecule has 3 saturated carbocycles. The molecule has 0 amide bonds. The first kappa shape index (κ1) is 38.1. The molecule has 5 fully saturated rings. The van der Waals surface area contributed by atoms with Crippen molar-refractivity contribution in [3.8, 4) is 0 Å². The lowest BCUT2D eigenvalue weighted by Crippen LogP contribution is -2.66. The summed E-state index contributed by atoms with van der Waals surface area (Å²) in [6.07, 6.45) is 1.93. The SMILES string of the molecule is CC[C@H]1CCC[C@H](OC(C)=O)[C@@H](C)C(=O)C2=C[C@H]3[C@@H]4C[C@H](O[C@@H]5OC(C)[C@H](OC)C(OC)C5OC)C[C@H]4[C@H]4[C@H](C(=O)C4(Cl)Cl)[C@H]3[C@@H]2CC(=O)O1. The average Bonchev–Trinajstić information content (AvgIpc) is 3.65. The number of hydrogen-bond acceptors (Lipinski definition) is 11. The minimum atomic E-state index is -1.58. The van der Waals surface area contributed by atoms with Crippen molar-refractivity contribution in [2.45, 2.75) is 126 Å². The number of Topliss-reactive ketones (excluding diaryl/α,β-unsaturated/α-hetero) is 2. The van der Waals surface area contributed by atoms with Crippen LogP contribution in [0, 0.1) is 47.3 Å². The van der Waals surface area contributed by atoms with Gasteiger partial charge < -0.3 is 33.2 Å². The van der Waals surface area contributed by atoms with E-state index < -0.39 is 52.7 Å². The molecule has 0 aromatic rings. The standard InChI is InChI=1S/C37H52Cl2O11/c1-8-19-10-9-11-26(48-18(4)40)16(2)31(42)25-14-22-21-12-20(50-36-34(46-7)33(45-6)32(44-5)17(3)47-36)13-24(21)30-29(35(43)37(30,38)39)28(22)23(25)15-27(41)49-19/h14,16-17,19-24,26,28-30,32-34,36H,8-13,15H2,1-7H3/t16-,17?,19+,20+,21+,22+,23-,24-,26+,28-,29-,30+,32+,33?,34?,36+/m1/s1. The van der Waals surface area contributed by atoms with Crippen LogP contribution in [0.25, 0.3) is 0 Å². The van der Waals surface area contributed by atoms with Gasteiger partial charge in [0, 0.05) is 46.0 Å². The number of hydrogen-bond donors (Lipinski definition) is 0. The Bertz CT molecular complexity index is 1350. The number of carbonyl (C=O) groups is 4. The quantitative estimate of drug-likeness (QED) is 0.258. The van der Waals surface area contributed by atoms with Crippen LogP contribution in [0.4, 0.5) is 0 Å². The predicted molar refractivity (Wildman–Crippen MR) is 181 cm³/mol. The lowest BCUT2D eigenvalue weighted by Gasteiger charge is -2.59. The van der Waals surface area contributed by atoms with Gasteiger partial charge in [-0.2, -0.15) is 0 Å². The molecule has 2 heterocycles. The number of ketones is 2. The third-order valence-corrected chi connectivity index (χ3v) is 13.6. The third kappa shape index (κ3) is 6.60. The van der Waals surface area contributed by atoms with Crippen LogP contribution in [0.3, 0.4) is 0 Å². The number of fused-ring (bicyclic) bond motifs is 8. The number of allylic oxidation sites excluding steroid dienone is 2. The van der Waals surface area contributed by atoms with E-state index in [0.29, 0.717) is 44.1 Å². The molecule has 16 atom stereocenters. The van der Waals surface area contributed by atoms with Crippen LogP contribution in [0.2, 0.25) is 0 Å². The highest BCUT2D eigenvalue weighted by Crippen LogP contribution is 2.69. The van der Waals surface area contributed by atoms with Gasteiger partial charge in [-0.3, -0.25) is 19.2 Å². The van der Waals surface area contributed by atoms with Crippen molar-refractivity contribution < 1.29 is 52.3 Å². The Hall–Kier alpha value is -1.60. The summed E-state index contributed by atoms with van der Waals surface area (Å²) in [6, 6.07) is 0. The zero-order valence-electron chi connectivity index (χ0n) is 30.0. The summed E-state index contributed by atoms with van der Waals surface area (Å²) in [5, 5.41) is 0. The summed E-state index contributed by atoms with van der Waals surface area (Å²) in [6.45, 7) is 7.01. The molecule has 2 aliphatic heterocycles. The van der Waals surface area contributed by atoms with Crippen molar-refractivity contribution in [1.29, 1.82) is 0 Å². The Balaban J connectivity index is 1.33. The Labute approximate surface area is 304 Å². The normalized spacial score (nSPS) is 45.8. The van der Waals surface area contributed by atoms with E-state index in [9.17, 15) is 19.2 Å². The molecular weight excluding hydrogens is 691 g/mol. The van der Waals surface area contributed by atoms with Crippen LogP contribution in [-0.4, -0.2) is 98.2 Å².